The monoisotopic (exact) mass is 324 g/mol. The topological polar surface area (TPSA) is 81.9 Å². The van der Waals surface area contributed by atoms with Crippen molar-refractivity contribution in [3.05, 3.63) is 34.4 Å². The average molecular weight is 324 g/mol. The Morgan fingerprint density at radius 1 is 1.35 bits per heavy atom. The van der Waals surface area contributed by atoms with Crippen LogP contribution in [0, 0.1) is 10.1 Å². The fraction of sp³-hybridized carbons (Fsp3) is 0.562. The molecule has 0 saturated carbocycles. The maximum atomic E-state index is 12.0. The summed E-state index contributed by atoms with van der Waals surface area (Å²) in [4.78, 5) is 24.2. The highest BCUT2D eigenvalue weighted by molar-refractivity contribution is 5.75. The molecule has 1 rings (SSSR count). The molecule has 0 unspecified atom stereocenters. The molecule has 0 fully saturated rings. The largest absolute Gasteiger partial charge is 0.485 e. The molecule has 0 amide bonds. The number of nitro benzene ring substituents is 1. The molecule has 0 saturated heterocycles. The number of rotatable bonds is 7. The fourth-order valence-electron chi connectivity index (χ4n) is 1.79. The van der Waals surface area contributed by atoms with Crippen molar-refractivity contribution in [3.63, 3.8) is 0 Å². The summed E-state index contributed by atoms with van der Waals surface area (Å²) in [6, 6.07) is 5.78. The molecule has 23 heavy (non-hydrogen) atoms. The molecular formula is C16H24N2O5. The van der Waals surface area contributed by atoms with E-state index in [-0.39, 0.29) is 24.0 Å². The number of hydrogen-bond acceptors (Lipinski definition) is 6. The Morgan fingerprint density at radius 3 is 2.52 bits per heavy atom. The molecule has 1 aromatic carbocycles. The quantitative estimate of drug-likeness (QED) is 0.436. The Balaban J connectivity index is 2.52. The van der Waals surface area contributed by atoms with E-state index in [1.165, 1.54) is 6.07 Å². The SMILES string of the molecule is C[C@@H](C(=O)OC(C)(C)C)N(C)CCOc1ccccc1[N+](=O)[O-]. The van der Waals surface area contributed by atoms with E-state index < -0.39 is 16.6 Å². The second-order valence-electron chi connectivity index (χ2n) is 6.26. The van der Waals surface area contributed by atoms with E-state index in [0.29, 0.717) is 6.54 Å². The highest BCUT2D eigenvalue weighted by Crippen LogP contribution is 2.25. The molecule has 7 heteroatoms. The summed E-state index contributed by atoms with van der Waals surface area (Å²) in [6.45, 7) is 7.86. The molecule has 1 atom stereocenters. The average Bonchev–Trinajstić information content (AvgIpc) is 2.44. The Hall–Kier alpha value is -2.15. The zero-order valence-electron chi connectivity index (χ0n) is 14.2. The van der Waals surface area contributed by atoms with Gasteiger partial charge in [0.25, 0.3) is 0 Å². The maximum absolute atomic E-state index is 12.0. The van der Waals surface area contributed by atoms with Crippen molar-refractivity contribution >= 4 is 11.7 Å². The van der Waals surface area contributed by atoms with Gasteiger partial charge in [-0.25, -0.2) is 0 Å². The van der Waals surface area contributed by atoms with Gasteiger partial charge in [0.1, 0.15) is 18.2 Å². The lowest BCUT2D eigenvalue weighted by Gasteiger charge is -2.27. The minimum absolute atomic E-state index is 0.0738. The van der Waals surface area contributed by atoms with Gasteiger partial charge in [-0.1, -0.05) is 12.1 Å². The van der Waals surface area contributed by atoms with Crippen LogP contribution in [0.15, 0.2) is 24.3 Å². The van der Waals surface area contributed by atoms with E-state index in [9.17, 15) is 14.9 Å². The molecule has 0 spiro atoms. The molecule has 0 N–H and O–H groups in total. The summed E-state index contributed by atoms with van der Waals surface area (Å²) in [5.41, 5.74) is -0.608. The first-order valence-electron chi connectivity index (χ1n) is 7.41. The summed E-state index contributed by atoms with van der Waals surface area (Å²) in [6.07, 6.45) is 0. The maximum Gasteiger partial charge on any atom is 0.323 e. The third-order valence-electron chi connectivity index (χ3n) is 3.17. The van der Waals surface area contributed by atoms with Crippen LogP contribution in [0.1, 0.15) is 27.7 Å². The molecule has 1 aromatic rings. The van der Waals surface area contributed by atoms with Gasteiger partial charge < -0.3 is 9.47 Å². The number of benzene rings is 1. The second-order valence-corrected chi connectivity index (χ2v) is 6.26. The van der Waals surface area contributed by atoms with Gasteiger partial charge >= 0.3 is 11.7 Å². The van der Waals surface area contributed by atoms with E-state index in [1.807, 2.05) is 20.8 Å². The van der Waals surface area contributed by atoms with Crippen molar-refractivity contribution in [2.24, 2.45) is 0 Å². The van der Waals surface area contributed by atoms with Crippen molar-refractivity contribution in [2.75, 3.05) is 20.2 Å². The Kier molecular flexibility index (Phi) is 6.50. The van der Waals surface area contributed by atoms with Crippen LogP contribution in [0.5, 0.6) is 5.75 Å². The van der Waals surface area contributed by atoms with Gasteiger partial charge in [-0.3, -0.25) is 19.8 Å². The number of hydrogen-bond donors (Lipinski definition) is 0. The molecule has 0 aliphatic heterocycles. The third kappa shape index (κ3) is 6.23. The number of nitro groups is 1. The van der Waals surface area contributed by atoms with Crippen LogP contribution >= 0.6 is 0 Å². The Bertz CT molecular complexity index is 554. The second kappa shape index (κ2) is 7.92. The van der Waals surface area contributed by atoms with E-state index in [1.54, 1.807) is 37.1 Å². The summed E-state index contributed by atoms with van der Waals surface area (Å²) in [5, 5.41) is 10.9. The smallest absolute Gasteiger partial charge is 0.323 e. The molecular weight excluding hydrogens is 300 g/mol. The predicted octanol–water partition coefficient (Wildman–Crippen LogP) is 2.64. The Morgan fingerprint density at radius 2 is 1.96 bits per heavy atom. The standard InChI is InChI=1S/C16H24N2O5/c1-12(15(19)23-16(2,3)4)17(5)10-11-22-14-9-7-6-8-13(14)18(20)21/h6-9,12H,10-11H2,1-5H3/t12-/m0/s1. The first-order chi connectivity index (χ1) is 10.6. The highest BCUT2D eigenvalue weighted by atomic mass is 16.6. The van der Waals surface area contributed by atoms with Crippen molar-refractivity contribution in [1.82, 2.24) is 4.90 Å². The van der Waals surface area contributed by atoms with Gasteiger partial charge in [0.15, 0.2) is 5.75 Å². The molecule has 0 bridgehead atoms. The molecule has 0 heterocycles. The predicted molar refractivity (Wildman–Crippen MR) is 86.5 cm³/mol. The van der Waals surface area contributed by atoms with Crippen LogP contribution in [0.4, 0.5) is 5.69 Å². The molecule has 0 aromatic heterocycles. The molecule has 128 valence electrons. The summed E-state index contributed by atoms with van der Waals surface area (Å²) >= 11 is 0. The van der Waals surface area contributed by atoms with Crippen LogP contribution in [0.3, 0.4) is 0 Å². The van der Waals surface area contributed by atoms with Crippen molar-refractivity contribution in [3.8, 4) is 5.75 Å². The zero-order valence-corrected chi connectivity index (χ0v) is 14.2. The van der Waals surface area contributed by atoms with Crippen LogP contribution in [-0.4, -0.2) is 47.6 Å². The van der Waals surface area contributed by atoms with Crippen LogP contribution in [0.25, 0.3) is 0 Å². The number of esters is 1. The normalized spacial score (nSPS) is 12.8. The Labute approximate surface area is 136 Å². The minimum atomic E-state index is -0.534. The van der Waals surface area contributed by atoms with Crippen LogP contribution in [-0.2, 0) is 9.53 Å². The lowest BCUT2D eigenvalue weighted by Crippen LogP contribution is -2.42. The van der Waals surface area contributed by atoms with Crippen LogP contribution in [0.2, 0.25) is 0 Å². The third-order valence-corrected chi connectivity index (χ3v) is 3.17. The zero-order chi connectivity index (χ0) is 17.6. The van der Waals surface area contributed by atoms with E-state index in [2.05, 4.69) is 0 Å². The van der Waals surface area contributed by atoms with Gasteiger partial charge in [0, 0.05) is 12.6 Å². The first kappa shape index (κ1) is 18.9. The van der Waals surface area contributed by atoms with Gasteiger partial charge in [0.2, 0.25) is 0 Å². The lowest BCUT2D eigenvalue weighted by atomic mass is 10.2. The van der Waals surface area contributed by atoms with Gasteiger partial charge in [-0.15, -0.1) is 0 Å². The van der Waals surface area contributed by atoms with Crippen molar-refractivity contribution in [1.29, 1.82) is 0 Å². The van der Waals surface area contributed by atoms with Gasteiger partial charge in [-0.05, 0) is 40.8 Å². The lowest BCUT2D eigenvalue weighted by molar-refractivity contribution is -0.385. The van der Waals surface area contributed by atoms with E-state index in [4.69, 9.17) is 9.47 Å². The van der Waals surface area contributed by atoms with Crippen LogP contribution < -0.4 is 4.74 Å². The summed E-state index contributed by atoms with van der Waals surface area (Å²) in [7, 11) is 1.78. The molecule has 0 aliphatic carbocycles. The minimum Gasteiger partial charge on any atom is -0.485 e. The van der Waals surface area contributed by atoms with Gasteiger partial charge in [-0.2, -0.15) is 0 Å². The number of para-hydroxylation sites is 2. The van der Waals surface area contributed by atoms with E-state index >= 15 is 0 Å². The number of nitrogens with zero attached hydrogens (tertiary/aromatic N) is 2. The van der Waals surface area contributed by atoms with Gasteiger partial charge in [0.05, 0.1) is 4.92 Å². The number of carbonyl (C=O) groups excluding carboxylic acids is 1. The van der Waals surface area contributed by atoms with Crippen molar-refractivity contribution < 1.29 is 19.2 Å². The summed E-state index contributed by atoms with van der Waals surface area (Å²) < 4.78 is 10.8. The van der Waals surface area contributed by atoms with E-state index in [0.717, 1.165) is 0 Å². The fourth-order valence-corrected chi connectivity index (χ4v) is 1.79. The molecule has 0 radical (unpaired) electrons. The number of ether oxygens (including phenoxy) is 2. The first-order valence-corrected chi connectivity index (χ1v) is 7.41. The number of likely N-dealkylation sites (N-methyl/N-ethyl adjacent to an activating group) is 1. The highest BCUT2D eigenvalue weighted by Gasteiger charge is 2.24. The molecule has 7 nitrogen and oxygen atoms in total. The van der Waals surface area contributed by atoms with Crippen molar-refractivity contribution in [2.45, 2.75) is 39.3 Å². The molecule has 0 aliphatic rings. The summed E-state index contributed by atoms with van der Waals surface area (Å²) in [5.74, 6) is -0.0958. The number of carbonyl (C=O) groups is 1.